The Balaban J connectivity index is 1.88. The van der Waals surface area contributed by atoms with Crippen LogP contribution in [-0.2, 0) is 17.4 Å². The van der Waals surface area contributed by atoms with Crippen LogP contribution in [0.1, 0.15) is 17.5 Å². The van der Waals surface area contributed by atoms with Crippen LogP contribution >= 0.6 is 0 Å². The molecular weight excluding hydrogens is 279 g/mol. The highest BCUT2D eigenvalue weighted by atomic mass is 19.4. The number of anilines is 1. The van der Waals surface area contributed by atoms with Gasteiger partial charge in [0.1, 0.15) is 0 Å². The van der Waals surface area contributed by atoms with Crippen molar-refractivity contribution in [2.45, 2.75) is 19.0 Å². The van der Waals surface area contributed by atoms with Crippen molar-refractivity contribution in [3.05, 3.63) is 65.7 Å². The van der Waals surface area contributed by atoms with Gasteiger partial charge in [-0.05, 0) is 36.2 Å². The zero-order valence-corrected chi connectivity index (χ0v) is 11.2. The number of alkyl halides is 3. The summed E-state index contributed by atoms with van der Waals surface area (Å²) in [4.78, 5) is 11.7. The zero-order valence-electron chi connectivity index (χ0n) is 11.2. The van der Waals surface area contributed by atoms with E-state index >= 15 is 0 Å². The van der Waals surface area contributed by atoms with Crippen LogP contribution in [0.3, 0.4) is 0 Å². The van der Waals surface area contributed by atoms with Crippen LogP contribution in [0, 0.1) is 0 Å². The van der Waals surface area contributed by atoms with E-state index in [4.69, 9.17) is 0 Å². The van der Waals surface area contributed by atoms with Gasteiger partial charge < -0.3 is 5.32 Å². The van der Waals surface area contributed by atoms with Gasteiger partial charge in [0, 0.05) is 12.1 Å². The Hall–Kier alpha value is -2.30. The van der Waals surface area contributed by atoms with Crippen molar-refractivity contribution in [1.29, 1.82) is 0 Å². The third kappa shape index (κ3) is 4.63. The molecule has 0 aliphatic heterocycles. The van der Waals surface area contributed by atoms with Gasteiger partial charge in [0.25, 0.3) is 0 Å². The number of hydrogen-bond donors (Lipinski definition) is 1. The molecule has 0 unspecified atom stereocenters. The topological polar surface area (TPSA) is 29.1 Å². The molecule has 2 rings (SSSR count). The van der Waals surface area contributed by atoms with Gasteiger partial charge in [-0.15, -0.1) is 0 Å². The summed E-state index contributed by atoms with van der Waals surface area (Å²) in [6.45, 7) is 0. The van der Waals surface area contributed by atoms with Gasteiger partial charge in [-0.3, -0.25) is 4.79 Å². The highest BCUT2D eigenvalue weighted by molar-refractivity contribution is 5.90. The lowest BCUT2D eigenvalue weighted by atomic mass is 10.1. The van der Waals surface area contributed by atoms with Crippen LogP contribution in [0.2, 0.25) is 0 Å². The quantitative estimate of drug-likeness (QED) is 0.895. The van der Waals surface area contributed by atoms with Crippen LogP contribution < -0.4 is 5.32 Å². The summed E-state index contributed by atoms with van der Waals surface area (Å²) in [5, 5.41) is 2.58. The lowest BCUT2D eigenvalue weighted by Crippen LogP contribution is -2.12. The summed E-state index contributed by atoms with van der Waals surface area (Å²) in [5.41, 5.74) is 0.672. The van der Waals surface area contributed by atoms with Gasteiger partial charge in [-0.1, -0.05) is 30.3 Å². The van der Waals surface area contributed by atoms with E-state index in [9.17, 15) is 18.0 Å². The summed E-state index contributed by atoms with van der Waals surface area (Å²) >= 11 is 0. The number of rotatable bonds is 4. The van der Waals surface area contributed by atoms with E-state index in [0.717, 1.165) is 17.7 Å². The Morgan fingerprint density at radius 2 is 1.57 bits per heavy atom. The van der Waals surface area contributed by atoms with Crippen molar-refractivity contribution in [3.8, 4) is 0 Å². The molecule has 21 heavy (non-hydrogen) atoms. The zero-order chi connectivity index (χ0) is 15.3. The Morgan fingerprint density at radius 3 is 2.14 bits per heavy atom. The van der Waals surface area contributed by atoms with Crippen molar-refractivity contribution in [2.75, 3.05) is 5.32 Å². The molecule has 0 aromatic heterocycles. The molecule has 1 N–H and O–H groups in total. The third-order valence-corrected chi connectivity index (χ3v) is 2.98. The first-order valence-electron chi connectivity index (χ1n) is 6.46. The minimum absolute atomic E-state index is 0.224. The molecule has 0 heterocycles. The SMILES string of the molecule is O=C(CCc1ccccc1)Nc1ccc(C(F)(F)F)cc1. The van der Waals surface area contributed by atoms with E-state index in [1.54, 1.807) is 0 Å². The molecule has 2 aromatic rings. The highest BCUT2D eigenvalue weighted by Crippen LogP contribution is 2.29. The molecule has 0 aliphatic carbocycles. The second-order valence-corrected chi connectivity index (χ2v) is 4.61. The Labute approximate surface area is 120 Å². The minimum atomic E-state index is -4.37. The number of carbonyl (C=O) groups excluding carboxylic acids is 1. The van der Waals surface area contributed by atoms with Crippen molar-refractivity contribution in [2.24, 2.45) is 0 Å². The number of nitrogens with one attached hydrogen (secondary N) is 1. The molecule has 0 atom stereocenters. The smallest absolute Gasteiger partial charge is 0.326 e. The van der Waals surface area contributed by atoms with Crippen molar-refractivity contribution < 1.29 is 18.0 Å². The maximum atomic E-state index is 12.4. The predicted molar refractivity (Wildman–Crippen MR) is 74.8 cm³/mol. The van der Waals surface area contributed by atoms with Crippen LogP contribution in [0.5, 0.6) is 0 Å². The molecule has 0 saturated carbocycles. The van der Waals surface area contributed by atoms with Gasteiger partial charge in [-0.25, -0.2) is 0 Å². The van der Waals surface area contributed by atoms with Gasteiger partial charge in [0.2, 0.25) is 5.91 Å². The molecule has 0 fully saturated rings. The number of carbonyl (C=O) groups is 1. The normalized spacial score (nSPS) is 11.2. The molecule has 0 radical (unpaired) electrons. The average Bonchev–Trinajstić information content (AvgIpc) is 2.46. The van der Waals surface area contributed by atoms with Gasteiger partial charge in [0.15, 0.2) is 0 Å². The standard InChI is InChI=1S/C16H14F3NO/c17-16(18,19)13-7-9-14(10-8-13)20-15(21)11-6-12-4-2-1-3-5-12/h1-5,7-10H,6,11H2,(H,20,21). The number of benzene rings is 2. The molecule has 110 valence electrons. The van der Waals surface area contributed by atoms with Crippen LogP contribution in [0.25, 0.3) is 0 Å². The summed E-state index contributed by atoms with van der Waals surface area (Å²) < 4.78 is 37.2. The van der Waals surface area contributed by atoms with Crippen molar-refractivity contribution in [3.63, 3.8) is 0 Å². The summed E-state index contributed by atoms with van der Waals surface area (Å²) in [5.74, 6) is -0.224. The largest absolute Gasteiger partial charge is 0.416 e. The van der Waals surface area contributed by atoms with E-state index < -0.39 is 11.7 Å². The fraction of sp³-hybridized carbons (Fsp3) is 0.188. The van der Waals surface area contributed by atoms with Crippen LogP contribution in [0.4, 0.5) is 18.9 Å². The number of halogens is 3. The van der Waals surface area contributed by atoms with Gasteiger partial charge >= 0.3 is 6.18 Å². The van der Waals surface area contributed by atoms with E-state index in [1.807, 2.05) is 30.3 Å². The average molecular weight is 293 g/mol. The third-order valence-electron chi connectivity index (χ3n) is 2.98. The molecule has 0 bridgehead atoms. The summed E-state index contributed by atoms with van der Waals surface area (Å²) in [7, 11) is 0. The molecule has 0 spiro atoms. The second kappa shape index (κ2) is 6.43. The van der Waals surface area contributed by atoms with Crippen LogP contribution in [0.15, 0.2) is 54.6 Å². The number of hydrogen-bond acceptors (Lipinski definition) is 1. The van der Waals surface area contributed by atoms with E-state index in [1.165, 1.54) is 12.1 Å². The Bertz CT molecular complexity index is 591. The molecular formula is C16H14F3NO. The Kier molecular flexibility index (Phi) is 4.62. The van der Waals surface area contributed by atoms with Gasteiger partial charge in [-0.2, -0.15) is 13.2 Å². The second-order valence-electron chi connectivity index (χ2n) is 4.61. The molecule has 2 aromatic carbocycles. The molecule has 1 amide bonds. The maximum absolute atomic E-state index is 12.4. The molecule has 2 nitrogen and oxygen atoms in total. The Morgan fingerprint density at radius 1 is 0.952 bits per heavy atom. The predicted octanol–water partition coefficient (Wildman–Crippen LogP) is 4.28. The minimum Gasteiger partial charge on any atom is -0.326 e. The van der Waals surface area contributed by atoms with Crippen molar-refractivity contribution in [1.82, 2.24) is 0 Å². The maximum Gasteiger partial charge on any atom is 0.416 e. The fourth-order valence-corrected chi connectivity index (χ4v) is 1.87. The van der Waals surface area contributed by atoms with E-state index in [2.05, 4.69) is 5.32 Å². The lowest BCUT2D eigenvalue weighted by Gasteiger charge is -2.09. The van der Waals surface area contributed by atoms with E-state index in [0.29, 0.717) is 12.1 Å². The highest BCUT2D eigenvalue weighted by Gasteiger charge is 2.29. The molecule has 0 saturated heterocycles. The first kappa shape index (κ1) is 15.1. The van der Waals surface area contributed by atoms with Gasteiger partial charge in [0.05, 0.1) is 5.56 Å². The first-order chi connectivity index (χ1) is 9.95. The number of amides is 1. The molecule has 0 aliphatic rings. The first-order valence-corrected chi connectivity index (χ1v) is 6.46. The molecule has 5 heteroatoms. The lowest BCUT2D eigenvalue weighted by molar-refractivity contribution is -0.137. The van der Waals surface area contributed by atoms with Crippen molar-refractivity contribution >= 4 is 11.6 Å². The van der Waals surface area contributed by atoms with E-state index in [-0.39, 0.29) is 12.3 Å². The monoisotopic (exact) mass is 293 g/mol. The summed E-state index contributed by atoms with van der Waals surface area (Å²) in [6.07, 6.45) is -3.49. The number of aryl methyl sites for hydroxylation is 1. The van der Waals surface area contributed by atoms with Crippen LogP contribution in [-0.4, -0.2) is 5.91 Å². The fourth-order valence-electron chi connectivity index (χ4n) is 1.87. The summed E-state index contributed by atoms with van der Waals surface area (Å²) in [6, 6.07) is 13.9.